The Kier molecular flexibility index (Phi) is 6.02. The van der Waals surface area contributed by atoms with Gasteiger partial charge in [0.05, 0.1) is 19.6 Å². The van der Waals surface area contributed by atoms with Gasteiger partial charge in [0, 0.05) is 0 Å². The Morgan fingerprint density at radius 2 is 1.95 bits per heavy atom. The molecule has 1 amide bonds. The Morgan fingerprint density at radius 1 is 1.32 bits per heavy atom. The number of methoxy groups -OCH3 is 1. The number of carbonyl (C=O) groups is 2. The molecule has 2 N–H and O–H groups in total. The molecular weight excluding hydrogens is 246 g/mol. The zero-order chi connectivity index (χ0) is 14.3. The minimum Gasteiger partial charge on any atom is -0.467 e. The van der Waals surface area contributed by atoms with E-state index in [2.05, 4.69) is 10.1 Å². The van der Waals surface area contributed by atoms with Crippen molar-refractivity contribution < 1.29 is 19.4 Å². The molecule has 0 spiro atoms. The number of esters is 1. The predicted octanol–water partition coefficient (Wildman–Crippen LogP) is 0.830. The normalized spacial score (nSPS) is 13.4. The minimum absolute atomic E-state index is 0.293. The van der Waals surface area contributed by atoms with Gasteiger partial charge in [-0.25, -0.2) is 4.79 Å². The SMILES string of the molecule is CCC(C(=O)NC(CO)C(=O)OC)c1ccccc1. The van der Waals surface area contributed by atoms with Gasteiger partial charge in [-0.1, -0.05) is 37.3 Å². The molecule has 0 saturated heterocycles. The van der Waals surface area contributed by atoms with E-state index >= 15 is 0 Å². The highest BCUT2D eigenvalue weighted by molar-refractivity contribution is 5.88. The van der Waals surface area contributed by atoms with Crippen molar-refractivity contribution in [2.24, 2.45) is 0 Å². The first-order valence-corrected chi connectivity index (χ1v) is 6.18. The second-order valence-electron chi connectivity index (χ2n) is 4.14. The number of amides is 1. The van der Waals surface area contributed by atoms with Gasteiger partial charge in [0.15, 0.2) is 6.04 Å². The number of rotatable bonds is 6. The van der Waals surface area contributed by atoms with Crippen LogP contribution in [0.5, 0.6) is 0 Å². The first kappa shape index (κ1) is 15.2. The Bertz CT molecular complexity index is 419. The molecule has 0 radical (unpaired) electrons. The summed E-state index contributed by atoms with van der Waals surface area (Å²) in [6.07, 6.45) is 0.606. The highest BCUT2D eigenvalue weighted by Crippen LogP contribution is 2.19. The van der Waals surface area contributed by atoms with E-state index in [0.29, 0.717) is 6.42 Å². The Balaban J connectivity index is 2.77. The highest BCUT2D eigenvalue weighted by atomic mass is 16.5. The van der Waals surface area contributed by atoms with Gasteiger partial charge in [-0.2, -0.15) is 0 Å². The number of ether oxygens (including phenoxy) is 1. The molecule has 1 rings (SSSR count). The van der Waals surface area contributed by atoms with Gasteiger partial charge < -0.3 is 15.2 Å². The summed E-state index contributed by atoms with van der Waals surface area (Å²) in [6.45, 7) is 1.41. The molecule has 0 fully saturated rings. The first-order valence-electron chi connectivity index (χ1n) is 6.18. The third-order valence-corrected chi connectivity index (χ3v) is 2.91. The third-order valence-electron chi connectivity index (χ3n) is 2.91. The van der Waals surface area contributed by atoms with Crippen molar-refractivity contribution in [3.63, 3.8) is 0 Å². The second-order valence-corrected chi connectivity index (χ2v) is 4.14. The van der Waals surface area contributed by atoms with Crippen LogP contribution in [0, 0.1) is 0 Å². The van der Waals surface area contributed by atoms with E-state index in [1.165, 1.54) is 7.11 Å². The maximum absolute atomic E-state index is 12.1. The van der Waals surface area contributed by atoms with Gasteiger partial charge in [-0.3, -0.25) is 4.79 Å². The molecule has 5 heteroatoms. The molecule has 2 unspecified atom stereocenters. The van der Waals surface area contributed by atoms with Crippen LogP contribution in [0.4, 0.5) is 0 Å². The number of hydrogen-bond acceptors (Lipinski definition) is 4. The summed E-state index contributed by atoms with van der Waals surface area (Å²) in [5.41, 5.74) is 0.879. The molecule has 19 heavy (non-hydrogen) atoms. The van der Waals surface area contributed by atoms with Crippen molar-refractivity contribution in [1.82, 2.24) is 5.32 Å². The molecule has 0 aliphatic carbocycles. The van der Waals surface area contributed by atoms with Crippen molar-refractivity contribution in [3.05, 3.63) is 35.9 Å². The smallest absolute Gasteiger partial charge is 0.330 e. The lowest BCUT2D eigenvalue weighted by Crippen LogP contribution is -2.45. The molecule has 0 saturated carbocycles. The molecule has 0 aliphatic heterocycles. The molecular formula is C14H19NO4. The maximum atomic E-state index is 12.1. The quantitative estimate of drug-likeness (QED) is 0.747. The molecule has 0 heterocycles. The lowest BCUT2D eigenvalue weighted by molar-refractivity contribution is -0.146. The number of benzene rings is 1. The fourth-order valence-electron chi connectivity index (χ4n) is 1.85. The van der Waals surface area contributed by atoms with Crippen LogP contribution in [-0.2, 0) is 14.3 Å². The summed E-state index contributed by atoms with van der Waals surface area (Å²) in [4.78, 5) is 23.5. The average molecular weight is 265 g/mol. The summed E-state index contributed by atoms with van der Waals surface area (Å²) in [6, 6.07) is 8.29. The molecule has 0 aliphatic rings. The van der Waals surface area contributed by atoms with Crippen LogP contribution in [0.1, 0.15) is 24.8 Å². The van der Waals surface area contributed by atoms with Crippen molar-refractivity contribution in [2.45, 2.75) is 25.3 Å². The van der Waals surface area contributed by atoms with Crippen LogP contribution < -0.4 is 5.32 Å². The zero-order valence-electron chi connectivity index (χ0n) is 11.1. The van der Waals surface area contributed by atoms with Crippen LogP contribution in [0.15, 0.2) is 30.3 Å². The van der Waals surface area contributed by atoms with Gasteiger partial charge in [-0.15, -0.1) is 0 Å². The van der Waals surface area contributed by atoms with Crippen molar-refractivity contribution in [2.75, 3.05) is 13.7 Å². The fraction of sp³-hybridized carbons (Fsp3) is 0.429. The number of aliphatic hydroxyl groups is 1. The van der Waals surface area contributed by atoms with Gasteiger partial charge >= 0.3 is 5.97 Å². The number of hydrogen-bond donors (Lipinski definition) is 2. The van der Waals surface area contributed by atoms with Crippen LogP contribution >= 0.6 is 0 Å². The van der Waals surface area contributed by atoms with E-state index in [1.807, 2.05) is 37.3 Å². The second kappa shape index (κ2) is 7.53. The van der Waals surface area contributed by atoms with Gasteiger partial charge in [0.25, 0.3) is 0 Å². The maximum Gasteiger partial charge on any atom is 0.330 e. The molecule has 1 aromatic rings. The molecule has 5 nitrogen and oxygen atoms in total. The summed E-state index contributed by atoms with van der Waals surface area (Å²) in [5.74, 6) is -1.29. The Morgan fingerprint density at radius 3 is 2.42 bits per heavy atom. The fourth-order valence-corrected chi connectivity index (χ4v) is 1.85. The Labute approximate surface area is 112 Å². The topological polar surface area (TPSA) is 75.6 Å². The molecule has 104 valence electrons. The van der Waals surface area contributed by atoms with Gasteiger partial charge in [-0.05, 0) is 12.0 Å². The van der Waals surface area contributed by atoms with Gasteiger partial charge in [0.1, 0.15) is 0 Å². The van der Waals surface area contributed by atoms with E-state index in [-0.39, 0.29) is 11.8 Å². The number of nitrogens with one attached hydrogen (secondary N) is 1. The van der Waals surface area contributed by atoms with Crippen molar-refractivity contribution >= 4 is 11.9 Å². The largest absolute Gasteiger partial charge is 0.467 e. The van der Waals surface area contributed by atoms with Gasteiger partial charge in [0.2, 0.25) is 5.91 Å². The van der Waals surface area contributed by atoms with E-state index in [9.17, 15) is 9.59 Å². The lowest BCUT2D eigenvalue weighted by Gasteiger charge is -2.19. The predicted molar refractivity (Wildman–Crippen MR) is 70.5 cm³/mol. The average Bonchev–Trinajstić information content (AvgIpc) is 2.45. The van der Waals surface area contributed by atoms with Crippen LogP contribution in [-0.4, -0.2) is 36.7 Å². The monoisotopic (exact) mass is 265 g/mol. The summed E-state index contributed by atoms with van der Waals surface area (Å²) >= 11 is 0. The van der Waals surface area contributed by atoms with E-state index < -0.39 is 18.6 Å². The summed E-state index contributed by atoms with van der Waals surface area (Å²) in [5, 5.41) is 11.6. The van der Waals surface area contributed by atoms with Crippen molar-refractivity contribution in [1.29, 1.82) is 0 Å². The highest BCUT2D eigenvalue weighted by Gasteiger charge is 2.25. The van der Waals surface area contributed by atoms with Crippen LogP contribution in [0.2, 0.25) is 0 Å². The van der Waals surface area contributed by atoms with Crippen LogP contribution in [0.25, 0.3) is 0 Å². The standard InChI is InChI=1S/C14H19NO4/c1-3-11(10-7-5-4-6-8-10)13(17)15-12(9-16)14(18)19-2/h4-8,11-12,16H,3,9H2,1-2H3,(H,15,17). The Hall–Kier alpha value is -1.88. The van der Waals surface area contributed by atoms with E-state index in [4.69, 9.17) is 5.11 Å². The van der Waals surface area contributed by atoms with E-state index in [1.54, 1.807) is 0 Å². The van der Waals surface area contributed by atoms with E-state index in [0.717, 1.165) is 5.56 Å². The van der Waals surface area contributed by atoms with Crippen molar-refractivity contribution in [3.8, 4) is 0 Å². The number of aliphatic hydroxyl groups excluding tert-OH is 1. The lowest BCUT2D eigenvalue weighted by atomic mass is 9.95. The van der Waals surface area contributed by atoms with Crippen LogP contribution in [0.3, 0.4) is 0 Å². The zero-order valence-corrected chi connectivity index (χ0v) is 11.1. The first-order chi connectivity index (χ1) is 9.13. The summed E-state index contributed by atoms with van der Waals surface area (Å²) < 4.78 is 4.51. The molecule has 0 aromatic heterocycles. The molecule has 0 bridgehead atoms. The summed E-state index contributed by atoms with van der Waals surface area (Å²) in [7, 11) is 1.21. The minimum atomic E-state index is -1.02. The molecule has 2 atom stereocenters. The molecule has 1 aromatic carbocycles. The third kappa shape index (κ3) is 4.06. The number of carbonyl (C=O) groups excluding carboxylic acids is 2.